The summed E-state index contributed by atoms with van der Waals surface area (Å²) in [6.07, 6.45) is 1.73. The Balaban J connectivity index is 2.48. The van der Waals surface area contributed by atoms with Gasteiger partial charge in [0, 0.05) is 24.1 Å². The molecule has 60 valence electrons. The molecule has 0 atom stereocenters. The molecule has 0 unspecified atom stereocenters. The molecule has 2 rings (SSSR count). The lowest BCUT2D eigenvalue weighted by Crippen LogP contribution is -2.38. The Labute approximate surface area is 65.8 Å². The Kier molecular flexibility index (Phi) is 1.29. The third kappa shape index (κ3) is 0.959. The SMILES string of the molecule is CC1(C)CNCc2conc21. The number of fused-ring (bicyclic) bond motifs is 1. The van der Waals surface area contributed by atoms with Crippen LogP contribution in [0.15, 0.2) is 10.8 Å². The molecule has 1 aliphatic rings. The van der Waals surface area contributed by atoms with Gasteiger partial charge in [0.2, 0.25) is 0 Å². The fourth-order valence-electron chi connectivity index (χ4n) is 1.53. The van der Waals surface area contributed by atoms with Crippen LogP contribution in [-0.4, -0.2) is 11.7 Å². The Morgan fingerprint density at radius 2 is 2.45 bits per heavy atom. The van der Waals surface area contributed by atoms with Gasteiger partial charge >= 0.3 is 0 Å². The zero-order chi connectivity index (χ0) is 7.90. The lowest BCUT2D eigenvalue weighted by Gasteiger charge is -2.27. The molecule has 1 N–H and O–H groups in total. The first-order chi connectivity index (χ1) is 5.20. The number of hydrogen-bond acceptors (Lipinski definition) is 3. The lowest BCUT2D eigenvalue weighted by atomic mass is 9.84. The zero-order valence-electron chi connectivity index (χ0n) is 6.85. The van der Waals surface area contributed by atoms with E-state index in [1.807, 2.05) is 0 Å². The van der Waals surface area contributed by atoms with Gasteiger partial charge in [-0.2, -0.15) is 0 Å². The number of hydrogen-bond donors (Lipinski definition) is 1. The van der Waals surface area contributed by atoms with Crippen molar-refractivity contribution in [1.29, 1.82) is 0 Å². The molecule has 3 heteroatoms. The smallest absolute Gasteiger partial charge is 0.128 e. The number of nitrogens with one attached hydrogen (secondary N) is 1. The molecule has 1 aromatic rings. The summed E-state index contributed by atoms with van der Waals surface area (Å²) in [5.74, 6) is 0. The maximum Gasteiger partial charge on any atom is 0.128 e. The first kappa shape index (κ1) is 6.85. The molecule has 3 nitrogen and oxygen atoms in total. The van der Waals surface area contributed by atoms with Crippen molar-refractivity contribution in [1.82, 2.24) is 10.5 Å². The van der Waals surface area contributed by atoms with Crippen LogP contribution < -0.4 is 5.32 Å². The van der Waals surface area contributed by atoms with Gasteiger partial charge in [-0.25, -0.2) is 0 Å². The predicted molar refractivity (Wildman–Crippen MR) is 41.2 cm³/mol. The van der Waals surface area contributed by atoms with Gasteiger partial charge in [0.25, 0.3) is 0 Å². The number of aromatic nitrogens is 1. The second kappa shape index (κ2) is 2.08. The van der Waals surface area contributed by atoms with Crippen LogP contribution in [0.5, 0.6) is 0 Å². The Bertz CT molecular complexity index is 265. The van der Waals surface area contributed by atoms with E-state index < -0.39 is 0 Å². The summed E-state index contributed by atoms with van der Waals surface area (Å²) in [4.78, 5) is 0. The molecule has 1 aliphatic heterocycles. The Morgan fingerprint density at radius 1 is 1.64 bits per heavy atom. The van der Waals surface area contributed by atoms with Crippen LogP contribution in [0.4, 0.5) is 0 Å². The fraction of sp³-hybridized carbons (Fsp3) is 0.625. The molecular weight excluding hydrogens is 140 g/mol. The quantitative estimate of drug-likeness (QED) is 0.604. The summed E-state index contributed by atoms with van der Waals surface area (Å²) in [5.41, 5.74) is 2.43. The molecule has 0 bridgehead atoms. The van der Waals surface area contributed by atoms with E-state index in [1.165, 1.54) is 5.56 Å². The number of nitrogens with zero attached hydrogens (tertiary/aromatic N) is 1. The van der Waals surface area contributed by atoms with E-state index in [0.717, 1.165) is 18.8 Å². The van der Waals surface area contributed by atoms with E-state index in [2.05, 4.69) is 24.3 Å². The van der Waals surface area contributed by atoms with Crippen LogP contribution in [0, 0.1) is 0 Å². The van der Waals surface area contributed by atoms with E-state index in [0.29, 0.717) is 0 Å². The highest BCUT2D eigenvalue weighted by atomic mass is 16.5. The van der Waals surface area contributed by atoms with Crippen LogP contribution in [0.2, 0.25) is 0 Å². The molecule has 1 aromatic heterocycles. The Hall–Kier alpha value is -0.830. The minimum atomic E-state index is 0.126. The molecule has 0 saturated carbocycles. The zero-order valence-corrected chi connectivity index (χ0v) is 6.85. The fourth-order valence-corrected chi connectivity index (χ4v) is 1.53. The lowest BCUT2D eigenvalue weighted by molar-refractivity contribution is 0.373. The summed E-state index contributed by atoms with van der Waals surface area (Å²) < 4.78 is 4.91. The highest BCUT2D eigenvalue weighted by molar-refractivity contribution is 5.25. The third-order valence-corrected chi connectivity index (χ3v) is 2.17. The highest BCUT2D eigenvalue weighted by Gasteiger charge is 2.30. The van der Waals surface area contributed by atoms with Gasteiger partial charge in [-0.15, -0.1) is 0 Å². The topological polar surface area (TPSA) is 38.1 Å². The molecule has 11 heavy (non-hydrogen) atoms. The molecule has 0 fully saturated rings. The van der Waals surface area contributed by atoms with Crippen LogP contribution in [-0.2, 0) is 12.0 Å². The van der Waals surface area contributed by atoms with Crippen molar-refractivity contribution in [3.05, 3.63) is 17.5 Å². The summed E-state index contributed by atoms with van der Waals surface area (Å²) in [6.45, 7) is 6.20. The second-order valence-electron chi connectivity index (χ2n) is 3.68. The summed E-state index contributed by atoms with van der Waals surface area (Å²) in [5, 5.41) is 7.31. The average Bonchev–Trinajstić information content (AvgIpc) is 2.34. The normalized spacial score (nSPS) is 21.3. The van der Waals surface area contributed by atoms with E-state index >= 15 is 0 Å². The van der Waals surface area contributed by atoms with Crippen molar-refractivity contribution in [2.24, 2.45) is 0 Å². The van der Waals surface area contributed by atoms with Crippen molar-refractivity contribution in [2.45, 2.75) is 25.8 Å². The monoisotopic (exact) mass is 152 g/mol. The minimum absolute atomic E-state index is 0.126. The molecule has 0 saturated heterocycles. The first-order valence-corrected chi connectivity index (χ1v) is 3.84. The molecule has 2 heterocycles. The molecule has 0 amide bonds. The van der Waals surface area contributed by atoms with E-state index in [4.69, 9.17) is 4.52 Å². The van der Waals surface area contributed by atoms with Crippen molar-refractivity contribution in [3.63, 3.8) is 0 Å². The molecule has 0 radical (unpaired) electrons. The van der Waals surface area contributed by atoms with Crippen molar-refractivity contribution in [2.75, 3.05) is 6.54 Å². The van der Waals surface area contributed by atoms with Crippen molar-refractivity contribution >= 4 is 0 Å². The first-order valence-electron chi connectivity index (χ1n) is 3.84. The second-order valence-corrected chi connectivity index (χ2v) is 3.68. The van der Waals surface area contributed by atoms with Crippen LogP contribution in [0.3, 0.4) is 0 Å². The van der Waals surface area contributed by atoms with Crippen LogP contribution >= 0.6 is 0 Å². The van der Waals surface area contributed by atoms with E-state index in [9.17, 15) is 0 Å². The highest BCUT2D eigenvalue weighted by Crippen LogP contribution is 2.27. The van der Waals surface area contributed by atoms with Gasteiger partial charge in [0.15, 0.2) is 0 Å². The minimum Gasteiger partial charge on any atom is -0.364 e. The molecule has 0 aromatic carbocycles. The van der Waals surface area contributed by atoms with Gasteiger partial charge in [-0.1, -0.05) is 19.0 Å². The van der Waals surface area contributed by atoms with Crippen LogP contribution in [0.1, 0.15) is 25.1 Å². The van der Waals surface area contributed by atoms with Crippen LogP contribution in [0.25, 0.3) is 0 Å². The standard InChI is InChI=1S/C8H12N2O/c1-8(2)5-9-3-6-4-11-10-7(6)8/h4,9H,3,5H2,1-2H3. The molecule has 0 aliphatic carbocycles. The average molecular weight is 152 g/mol. The summed E-state index contributed by atoms with van der Waals surface area (Å²) in [6, 6.07) is 0. The van der Waals surface area contributed by atoms with E-state index in [-0.39, 0.29) is 5.41 Å². The maximum absolute atomic E-state index is 4.91. The Morgan fingerprint density at radius 3 is 3.18 bits per heavy atom. The molecular formula is C8H12N2O. The third-order valence-electron chi connectivity index (χ3n) is 2.17. The largest absolute Gasteiger partial charge is 0.364 e. The van der Waals surface area contributed by atoms with Crippen molar-refractivity contribution in [3.8, 4) is 0 Å². The summed E-state index contributed by atoms with van der Waals surface area (Å²) >= 11 is 0. The molecule has 0 spiro atoms. The van der Waals surface area contributed by atoms with Gasteiger partial charge in [0.1, 0.15) is 6.26 Å². The maximum atomic E-state index is 4.91. The predicted octanol–water partition coefficient (Wildman–Crippen LogP) is 1.06. The number of rotatable bonds is 0. The van der Waals surface area contributed by atoms with Gasteiger partial charge in [-0.05, 0) is 0 Å². The van der Waals surface area contributed by atoms with Crippen molar-refractivity contribution < 1.29 is 4.52 Å². The van der Waals surface area contributed by atoms with Gasteiger partial charge in [-0.3, -0.25) is 0 Å². The van der Waals surface area contributed by atoms with E-state index in [1.54, 1.807) is 6.26 Å². The van der Waals surface area contributed by atoms with Gasteiger partial charge in [0.05, 0.1) is 5.69 Å². The van der Waals surface area contributed by atoms with Gasteiger partial charge < -0.3 is 9.84 Å². The summed E-state index contributed by atoms with van der Waals surface area (Å²) in [7, 11) is 0.